The van der Waals surface area contributed by atoms with Gasteiger partial charge < -0.3 is 9.84 Å². The van der Waals surface area contributed by atoms with Crippen LogP contribution in [-0.2, 0) is 23.8 Å². The van der Waals surface area contributed by atoms with Crippen LogP contribution in [0.25, 0.3) is 0 Å². The van der Waals surface area contributed by atoms with Gasteiger partial charge >= 0.3 is 12.1 Å². The minimum Gasteiger partial charge on any atom is -0.480 e. The van der Waals surface area contributed by atoms with Crippen molar-refractivity contribution in [3.05, 3.63) is 28.7 Å². The van der Waals surface area contributed by atoms with Crippen molar-refractivity contribution in [2.45, 2.75) is 49.8 Å². The van der Waals surface area contributed by atoms with E-state index < -0.39 is 39.9 Å². The number of carbonyl (C=O) groups is 2. The van der Waals surface area contributed by atoms with Crippen LogP contribution in [0.5, 0.6) is 0 Å². The van der Waals surface area contributed by atoms with E-state index in [9.17, 15) is 23.1 Å². The molecule has 0 bridgehead atoms. The number of likely N-dealkylation sites (tertiary alicyclic amines) is 1. The van der Waals surface area contributed by atoms with Gasteiger partial charge in [0.2, 0.25) is 0 Å². The van der Waals surface area contributed by atoms with Gasteiger partial charge in [-0.25, -0.2) is 9.59 Å². The van der Waals surface area contributed by atoms with E-state index in [0.29, 0.717) is 4.47 Å². The summed E-state index contributed by atoms with van der Waals surface area (Å²) in [7, 11) is -4.09. The van der Waals surface area contributed by atoms with Crippen LogP contribution >= 0.6 is 15.9 Å². The van der Waals surface area contributed by atoms with Crippen molar-refractivity contribution in [2.24, 2.45) is 0 Å². The Morgan fingerprint density at radius 2 is 1.81 bits per heavy atom. The van der Waals surface area contributed by atoms with Gasteiger partial charge in [-0.15, -0.1) is 0 Å². The summed E-state index contributed by atoms with van der Waals surface area (Å²) in [5, 5.41) is 9.33. The van der Waals surface area contributed by atoms with Crippen LogP contribution in [0.3, 0.4) is 0 Å². The quantitative estimate of drug-likeness (QED) is 0.703. The summed E-state index contributed by atoms with van der Waals surface area (Å²) in [6.45, 7) is 4.77. The summed E-state index contributed by atoms with van der Waals surface area (Å²) >= 11 is 3.21. The molecule has 1 aliphatic rings. The average Bonchev–Trinajstić information content (AvgIpc) is 2.89. The van der Waals surface area contributed by atoms with Gasteiger partial charge in [-0.3, -0.25) is 9.08 Å². The number of aliphatic carboxylic acids is 1. The minimum atomic E-state index is -4.09. The van der Waals surface area contributed by atoms with Crippen molar-refractivity contribution in [2.75, 3.05) is 6.54 Å². The Morgan fingerprint density at radius 1 is 1.23 bits per heavy atom. The largest absolute Gasteiger partial charge is 0.480 e. The van der Waals surface area contributed by atoms with E-state index >= 15 is 0 Å². The van der Waals surface area contributed by atoms with Crippen LogP contribution < -0.4 is 0 Å². The smallest absolute Gasteiger partial charge is 0.411 e. The Morgan fingerprint density at radius 3 is 2.31 bits per heavy atom. The highest BCUT2D eigenvalue weighted by molar-refractivity contribution is 9.10. The predicted octanol–water partition coefficient (Wildman–Crippen LogP) is 2.62. The third-order valence-corrected chi connectivity index (χ3v) is 5.44. The Balaban J connectivity index is 2.15. The molecule has 0 radical (unpaired) electrons. The number of carboxylic acid groups (broad SMARTS) is 1. The minimum absolute atomic E-state index is 0.0525. The molecular weight excluding hydrogens is 430 g/mol. The fourth-order valence-electron chi connectivity index (χ4n) is 2.46. The molecule has 1 aliphatic heterocycles. The van der Waals surface area contributed by atoms with Crippen molar-refractivity contribution < 1.29 is 32.0 Å². The van der Waals surface area contributed by atoms with E-state index in [2.05, 4.69) is 15.9 Å². The number of hydrogen-bond acceptors (Lipinski definition) is 6. The zero-order chi connectivity index (χ0) is 19.7. The molecule has 0 aliphatic carbocycles. The summed E-state index contributed by atoms with van der Waals surface area (Å²) in [5.74, 6) is -1.25. The molecule has 2 rings (SSSR count). The molecule has 10 heteroatoms. The summed E-state index contributed by atoms with van der Waals surface area (Å²) in [6.07, 6.45) is -1.95. The van der Waals surface area contributed by atoms with E-state index in [1.165, 1.54) is 12.1 Å². The van der Waals surface area contributed by atoms with Gasteiger partial charge in [0.05, 0.1) is 17.5 Å². The Labute approximate surface area is 160 Å². The van der Waals surface area contributed by atoms with E-state index in [4.69, 9.17) is 8.92 Å². The first kappa shape index (κ1) is 20.7. The Hall–Kier alpha value is -1.65. The van der Waals surface area contributed by atoms with Crippen LogP contribution in [0.2, 0.25) is 0 Å². The third-order valence-electron chi connectivity index (χ3n) is 3.54. The third kappa shape index (κ3) is 5.18. The van der Waals surface area contributed by atoms with E-state index in [1.807, 2.05) is 0 Å². The van der Waals surface area contributed by atoms with E-state index in [1.54, 1.807) is 32.9 Å². The molecule has 8 nitrogen and oxygen atoms in total. The maximum atomic E-state index is 12.4. The molecular formula is C16H20BrNO7S. The first-order valence-electron chi connectivity index (χ1n) is 7.80. The van der Waals surface area contributed by atoms with E-state index in [0.717, 1.165) is 4.90 Å². The maximum Gasteiger partial charge on any atom is 0.411 e. The van der Waals surface area contributed by atoms with Crippen LogP contribution in [0.15, 0.2) is 33.6 Å². The standard InChI is InChI=1S/C16H20BrNO7S/c1-16(2,3)24-15(21)18-9-11(8-13(18)14(19)20)25-26(22,23)12-6-4-10(17)5-7-12/h4-7,11,13H,8-9H2,1-3H3,(H,19,20)/t11-,13+/m1/s1. The number of ether oxygens (including phenoxy) is 1. The number of benzene rings is 1. The summed E-state index contributed by atoms with van der Waals surface area (Å²) in [4.78, 5) is 24.6. The zero-order valence-corrected chi connectivity index (χ0v) is 16.9. The highest BCUT2D eigenvalue weighted by atomic mass is 79.9. The predicted molar refractivity (Wildman–Crippen MR) is 95.2 cm³/mol. The van der Waals surface area contributed by atoms with Crippen molar-refractivity contribution in [3.8, 4) is 0 Å². The molecule has 0 aromatic heterocycles. The lowest BCUT2D eigenvalue weighted by molar-refractivity contribution is -0.142. The second-order valence-electron chi connectivity index (χ2n) is 6.85. The molecule has 1 fully saturated rings. The van der Waals surface area contributed by atoms with Gasteiger partial charge in [0.15, 0.2) is 0 Å². The first-order chi connectivity index (χ1) is 11.9. The molecule has 26 heavy (non-hydrogen) atoms. The second-order valence-corrected chi connectivity index (χ2v) is 9.34. The highest BCUT2D eigenvalue weighted by Crippen LogP contribution is 2.27. The van der Waals surface area contributed by atoms with Gasteiger partial charge in [-0.2, -0.15) is 8.42 Å². The van der Waals surface area contributed by atoms with Crippen molar-refractivity contribution in [1.29, 1.82) is 0 Å². The number of hydrogen-bond donors (Lipinski definition) is 1. The molecule has 1 aromatic carbocycles. The van der Waals surface area contributed by atoms with Gasteiger partial charge in [-0.05, 0) is 45.0 Å². The lowest BCUT2D eigenvalue weighted by Gasteiger charge is -2.26. The molecule has 2 atom stereocenters. The average molecular weight is 450 g/mol. The maximum absolute atomic E-state index is 12.4. The van der Waals surface area contributed by atoms with Crippen molar-refractivity contribution in [1.82, 2.24) is 4.90 Å². The topological polar surface area (TPSA) is 110 Å². The molecule has 0 saturated carbocycles. The van der Waals surface area contributed by atoms with Crippen molar-refractivity contribution in [3.63, 3.8) is 0 Å². The van der Waals surface area contributed by atoms with Crippen LogP contribution in [-0.4, -0.2) is 54.8 Å². The molecule has 1 amide bonds. The lowest BCUT2D eigenvalue weighted by Crippen LogP contribution is -2.43. The summed E-state index contributed by atoms with van der Waals surface area (Å²) in [5.41, 5.74) is -0.803. The molecule has 1 saturated heterocycles. The monoisotopic (exact) mass is 449 g/mol. The zero-order valence-electron chi connectivity index (χ0n) is 14.5. The summed E-state index contributed by atoms with van der Waals surface area (Å²) in [6, 6.07) is 4.63. The lowest BCUT2D eigenvalue weighted by atomic mass is 10.2. The number of carbonyl (C=O) groups excluding carboxylic acids is 1. The number of amides is 1. The first-order valence-corrected chi connectivity index (χ1v) is 10.0. The molecule has 144 valence electrons. The fourth-order valence-corrected chi connectivity index (χ4v) is 3.80. The molecule has 0 unspecified atom stereocenters. The van der Waals surface area contributed by atoms with E-state index in [-0.39, 0.29) is 17.9 Å². The van der Waals surface area contributed by atoms with Crippen LogP contribution in [0, 0.1) is 0 Å². The van der Waals surface area contributed by atoms with Crippen molar-refractivity contribution >= 4 is 38.1 Å². The Kier molecular flexibility index (Phi) is 5.99. The molecule has 1 aromatic rings. The second kappa shape index (κ2) is 7.53. The van der Waals surface area contributed by atoms with Crippen LogP contribution in [0.1, 0.15) is 27.2 Å². The number of nitrogens with zero attached hydrogens (tertiary/aromatic N) is 1. The number of rotatable bonds is 4. The SMILES string of the molecule is CC(C)(C)OC(=O)N1C[C@H](OS(=O)(=O)c2ccc(Br)cc2)C[C@H]1C(=O)O. The molecule has 1 heterocycles. The Bertz CT molecular complexity index is 786. The normalized spacial score (nSPS) is 20.8. The fraction of sp³-hybridized carbons (Fsp3) is 0.500. The number of carboxylic acids is 1. The van der Waals surface area contributed by atoms with Gasteiger partial charge in [0, 0.05) is 10.9 Å². The van der Waals surface area contributed by atoms with Gasteiger partial charge in [0.25, 0.3) is 10.1 Å². The van der Waals surface area contributed by atoms with Gasteiger partial charge in [0.1, 0.15) is 11.6 Å². The van der Waals surface area contributed by atoms with Crippen LogP contribution in [0.4, 0.5) is 4.79 Å². The highest BCUT2D eigenvalue weighted by Gasteiger charge is 2.43. The molecule has 0 spiro atoms. The summed E-state index contributed by atoms with van der Waals surface area (Å²) < 4.78 is 35.8. The molecule has 1 N–H and O–H groups in total. The van der Waals surface area contributed by atoms with Gasteiger partial charge in [-0.1, -0.05) is 15.9 Å². The number of halogens is 1.